The van der Waals surface area contributed by atoms with E-state index in [1.807, 2.05) is 30.3 Å². The fourth-order valence-corrected chi connectivity index (χ4v) is 2.14. The largest absolute Gasteiger partial charge is 0.445 e. The minimum absolute atomic E-state index is 0.0321. The van der Waals surface area contributed by atoms with E-state index in [9.17, 15) is 9.59 Å². The van der Waals surface area contributed by atoms with E-state index in [2.05, 4.69) is 5.32 Å². The topological polar surface area (TPSA) is 84.7 Å². The molecule has 1 aromatic rings. The first-order chi connectivity index (χ1) is 9.69. The molecule has 1 aliphatic rings. The van der Waals surface area contributed by atoms with Crippen LogP contribution in [-0.4, -0.2) is 42.6 Å². The third kappa shape index (κ3) is 3.96. The first kappa shape index (κ1) is 14.3. The standard InChI is InChI=1S/C14H19N3O3/c15-8-13(18)16-12-6-7-17(9-12)14(19)20-10-11-4-2-1-3-5-11/h1-5,12H,6-10,15H2,(H,16,18)/t12-/m1/s1. The molecule has 20 heavy (non-hydrogen) atoms. The molecule has 6 heteroatoms. The molecule has 0 bridgehead atoms. The SMILES string of the molecule is NCC(=O)N[C@@H]1CCN(C(=O)OCc2ccccc2)C1. The highest BCUT2D eigenvalue weighted by molar-refractivity contribution is 5.78. The molecular formula is C14H19N3O3. The van der Waals surface area contributed by atoms with Crippen LogP contribution in [0.25, 0.3) is 0 Å². The Labute approximate surface area is 117 Å². The van der Waals surface area contributed by atoms with Crippen LogP contribution >= 0.6 is 0 Å². The monoisotopic (exact) mass is 277 g/mol. The molecule has 0 radical (unpaired) electrons. The van der Waals surface area contributed by atoms with Gasteiger partial charge in [0.25, 0.3) is 0 Å². The number of amides is 2. The van der Waals surface area contributed by atoms with Gasteiger partial charge in [0.2, 0.25) is 5.91 Å². The van der Waals surface area contributed by atoms with Crippen molar-refractivity contribution in [3.05, 3.63) is 35.9 Å². The number of ether oxygens (including phenoxy) is 1. The Morgan fingerprint density at radius 1 is 1.35 bits per heavy atom. The van der Waals surface area contributed by atoms with Crippen molar-refractivity contribution in [3.63, 3.8) is 0 Å². The number of rotatable bonds is 4. The number of carbonyl (C=O) groups is 2. The van der Waals surface area contributed by atoms with Gasteiger partial charge in [0, 0.05) is 19.1 Å². The fourth-order valence-electron chi connectivity index (χ4n) is 2.14. The Kier molecular flexibility index (Phi) is 4.95. The number of nitrogens with zero attached hydrogens (tertiary/aromatic N) is 1. The van der Waals surface area contributed by atoms with Crippen molar-refractivity contribution in [2.45, 2.75) is 19.1 Å². The summed E-state index contributed by atoms with van der Waals surface area (Å²) in [6.07, 6.45) is 0.380. The fraction of sp³-hybridized carbons (Fsp3) is 0.429. The smallest absolute Gasteiger partial charge is 0.410 e. The van der Waals surface area contributed by atoms with Crippen molar-refractivity contribution in [2.24, 2.45) is 5.73 Å². The second kappa shape index (κ2) is 6.91. The van der Waals surface area contributed by atoms with Crippen LogP contribution in [0.5, 0.6) is 0 Å². The summed E-state index contributed by atoms with van der Waals surface area (Å²) in [7, 11) is 0. The lowest BCUT2D eigenvalue weighted by molar-refractivity contribution is -0.120. The molecule has 0 spiro atoms. The molecule has 1 atom stereocenters. The van der Waals surface area contributed by atoms with Gasteiger partial charge in [-0.25, -0.2) is 4.79 Å². The number of benzene rings is 1. The van der Waals surface area contributed by atoms with E-state index in [4.69, 9.17) is 10.5 Å². The summed E-state index contributed by atoms with van der Waals surface area (Å²) >= 11 is 0. The van der Waals surface area contributed by atoms with Gasteiger partial charge in [-0.2, -0.15) is 0 Å². The summed E-state index contributed by atoms with van der Waals surface area (Å²) in [5, 5.41) is 2.77. The highest BCUT2D eigenvalue weighted by atomic mass is 16.6. The number of nitrogens with one attached hydrogen (secondary N) is 1. The minimum Gasteiger partial charge on any atom is -0.445 e. The molecule has 108 valence electrons. The van der Waals surface area contributed by atoms with Crippen molar-refractivity contribution in [1.29, 1.82) is 0 Å². The third-order valence-corrected chi connectivity index (χ3v) is 3.20. The van der Waals surface area contributed by atoms with Gasteiger partial charge >= 0.3 is 6.09 Å². The summed E-state index contributed by atoms with van der Waals surface area (Å²) in [6.45, 7) is 1.29. The highest BCUT2D eigenvalue weighted by Gasteiger charge is 2.27. The molecule has 1 aromatic carbocycles. The number of nitrogens with two attached hydrogens (primary N) is 1. The van der Waals surface area contributed by atoms with Crippen LogP contribution in [0.1, 0.15) is 12.0 Å². The zero-order valence-corrected chi connectivity index (χ0v) is 11.2. The Morgan fingerprint density at radius 2 is 2.10 bits per heavy atom. The van der Waals surface area contributed by atoms with Crippen molar-refractivity contribution < 1.29 is 14.3 Å². The van der Waals surface area contributed by atoms with Gasteiger partial charge in [-0.3, -0.25) is 4.79 Å². The first-order valence-corrected chi connectivity index (χ1v) is 6.64. The molecule has 0 saturated carbocycles. The van der Waals surface area contributed by atoms with E-state index in [1.165, 1.54) is 0 Å². The zero-order chi connectivity index (χ0) is 14.4. The van der Waals surface area contributed by atoms with Crippen molar-refractivity contribution in [3.8, 4) is 0 Å². The van der Waals surface area contributed by atoms with E-state index in [1.54, 1.807) is 4.90 Å². The Morgan fingerprint density at radius 3 is 2.80 bits per heavy atom. The molecule has 0 aliphatic carbocycles. The van der Waals surface area contributed by atoms with Crippen LogP contribution < -0.4 is 11.1 Å². The van der Waals surface area contributed by atoms with Gasteiger partial charge in [-0.05, 0) is 12.0 Å². The van der Waals surface area contributed by atoms with Crippen molar-refractivity contribution >= 4 is 12.0 Å². The van der Waals surface area contributed by atoms with Crippen LogP contribution in [0, 0.1) is 0 Å². The molecule has 2 amide bonds. The van der Waals surface area contributed by atoms with Crippen LogP contribution in [0.4, 0.5) is 4.79 Å². The second-order valence-corrected chi connectivity index (χ2v) is 4.74. The maximum Gasteiger partial charge on any atom is 0.410 e. The van der Waals surface area contributed by atoms with E-state index >= 15 is 0 Å². The number of hydrogen-bond acceptors (Lipinski definition) is 4. The number of likely N-dealkylation sites (tertiary alicyclic amines) is 1. The molecule has 1 fully saturated rings. The molecule has 0 unspecified atom stereocenters. The molecule has 1 saturated heterocycles. The van der Waals surface area contributed by atoms with Crippen molar-refractivity contribution in [1.82, 2.24) is 10.2 Å². The minimum atomic E-state index is -0.349. The van der Waals surface area contributed by atoms with Gasteiger partial charge in [-0.15, -0.1) is 0 Å². The van der Waals surface area contributed by atoms with E-state index in [-0.39, 0.29) is 31.2 Å². The summed E-state index contributed by atoms with van der Waals surface area (Å²) in [5.41, 5.74) is 6.19. The molecule has 0 aromatic heterocycles. The Hall–Kier alpha value is -2.08. The molecular weight excluding hydrogens is 258 g/mol. The van der Waals surface area contributed by atoms with Gasteiger partial charge in [0.05, 0.1) is 6.54 Å². The van der Waals surface area contributed by atoms with E-state index in [0.29, 0.717) is 13.1 Å². The second-order valence-electron chi connectivity index (χ2n) is 4.74. The van der Waals surface area contributed by atoms with Crippen LogP contribution in [-0.2, 0) is 16.1 Å². The number of hydrogen-bond donors (Lipinski definition) is 2. The Balaban J connectivity index is 1.75. The average molecular weight is 277 g/mol. The summed E-state index contributed by atoms with van der Waals surface area (Å²) in [6, 6.07) is 9.49. The molecule has 6 nitrogen and oxygen atoms in total. The Bertz CT molecular complexity index is 464. The molecule has 1 heterocycles. The van der Waals surface area contributed by atoms with E-state index < -0.39 is 0 Å². The normalized spacial score (nSPS) is 17.9. The van der Waals surface area contributed by atoms with E-state index in [0.717, 1.165) is 12.0 Å². The zero-order valence-electron chi connectivity index (χ0n) is 11.2. The quantitative estimate of drug-likeness (QED) is 0.838. The molecule has 1 aliphatic heterocycles. The van der Waals surface area contributed by atoms with Gasteiger partial charge < -0.3 is 20.7 Å². The van der Waals surface area contributed by atoms with Gasteiger partial charge in [0.1, 0.15) is 6.61 Å². The van der Waals surface area contributed by atoms with Crippen LogP contribution in [0.15, 0.2) is 30.3 Å². The summed E-state index contributed by atoms with van der Waals surface area (Å²) < 4.78 is 5.24. The van der Waals surface area contributed by atoms with Gasteiger partial charge in [0.15, 0.2) is 0 Å². The lowest BCUT2D eigenvalue weighted by Crippen LogP contribution is -2.41. The van der Waals surface area contributed by atoms with Gasteiger partial charge in [-0.1, -0.05) is 30.3 Å². The third-order valence-electron chi connectivity index (χ3n) is 3.20. The highest BCUT2D eigenvalue weighted by Crippen LogP contribution is 2.11. The predicted molar refractivity (Wildman–Crippen MR) is 73.8 cm³/mol. The summed E-state index contributed by atoms with van der Waals surface area (Å²) in [4.78, 5) is 24.7. The number of carbonyl (C=O) groups excluding carboxylic acids is 2. The lowest BCUT2D eigenvalue weighted by atomic mass is 10.2. The molecule has 2 rings (SSSR count). The average Bonchev–Trinajstić information content (AvgIpc) is 2.94. The predicted octanol–water partition coefficient (Wildman–Crippen LogP) is 0.472. The van der Waals surface area contributed by atoms with Crippen LogP contribution in [0.3, 0.4) is 0 Å². The molecule has 3 N–H and O–H groups in total. The lowest BCUT2D eigenvalue weighted by Gasteiger charge is -2.16. The maximum absolute atomic E-state index is 11.9. The van der Waals surface area contributed by atoms with Crippen molar-refractivity contribution in [2.75, 3.05) is 19.6 Å². The first-order valence-electron chi connectivity index (χ1n) is 6.64. The summed E-state index contributed by atoms with van der Waals surface area (Å²) in [5.74, 6) is -0.200. The van der Waals surface area contributed by atoms with Crippen LogP contribution in [0.2, 0.25) is 0 Å². The maximum atomic E-state index is 11.9.